The van der Waals surface area contributed by atoms with Crippen LogP contribution in [0.1, 0.15) is 24.8 Å². The third-order valence-electron chi connectivity index (χ3n) is 6.61. The number of hydrogen-bond donors (Lipinski definition) is 3. The summed E-state index contributed by atoms with van der Waals surface area (Å²) in [7, 11) is 0. The monoisotopic (exact) mass is 493 g/mol. The number of ether oxygens (including phenoxy) is 1. The number of urea groups is 1. The Morgan fingerprint density at radius 3 is 2.33 bits per heavy atom. The van der Waals surface area contributed by atoms with E-state index < -0.39 is 0 Å². The number of hydrogen-bond acceptors (Lipinski definition) is 5. The van der Waals surface area contributed by atoms with Crippen molar-refractivity contribution in [2.75, 3.05) is 56.6 Å². The van der Waals surface area contributed by atoms with Gasteiger partial charge in [0.1, 0.15) is 0 Å². The molecule has 0 atom stereocenters. The molecule has 3 N–H and O–H groups in total. The largest absolute Gasteiger partial charge is 0.379 e. The van der Waals surface area contributed by atoms with Crippen molar-refractivity contribution in [1.82, 2.24) is 15.1 Å². The van der Waals surface area contributed by atoms with Crippen molar-refractivity contribution in [2.45, 2.75) is 25.8 Å². The highest BCUT2D eigenvalue weighted by Crippen LogP contribution is 2.19. The van der Waals surface area contributed by atoms with E-state index in [1.54, 1.807) is 4.90 Å². The molecule has 9 nitrogen and oxygen atoms in total. The molecule has 0 radical (unpaired) electrons. The van der Waals surface area contributed by atoms with Gasteiger partial charge in [-0.05, 0) is 42.7 Å². The predicted molar refractivity (Wildman–Crippen MR) is 139 cm³/mol. The summed E-state index contributed by atoms with van der Waals surface area (Å²) in [6, 6.07) is 16.8. The number of anilines is 2. The van der Waals surface area contributed by atoms with Crippen LogP contribution in [0.15, 0.2) is 54.6 Å². The molecule has 0 aromatic heterocycles. The number of carbonyl (C=O) groups is 3. The summed E-state index contributed by atoms with van der Waals surface area (Å²) in [5.74, 6) is -0.141. The predicted octanol–water partition coefficient (Wildman–Crippen LogP) is 2.91. The first-order valence-corrected chi connectivity index (χ1v) is 12.6. The van der Waals surface area contributed by atoms with Gasteiger partial charge >= 0.3 is 6.03 Å². The number of nitrogens with one attached hydrogen (secondary N) is 3. The Balaban J connectivity index is 1.17. The number of rotatable bonds is 8. The van der Waals surface area contributed by atoms with Gasteiger partial charge in [-0.25, -0.2) is 4.79 Å². The molecule has 4 rings (SSSR count). The van der Waals surface area contributed by atoms with Crippen molar-refractivity contribution in [3.05, 3.63) is 60.2 Å². The maximum Gasteiger partial charge on any atom is 0.321 e. The van der Waals surface area contributed by atoms with Gasteiger partial charge in [-0.15, -0.1) is 0 Å². The molecular weight excluding hydrogens is 458 g/mol. The highest BCUT2D eigenvalue weighted by molar-refractivity contribution is 5.91. The highest BCUT2D eigenvalue weighted by Gasteiger charge is 2.27. The van der Waals surface area contributed by atoms with E-state index >= 15 is 0 Å². The Bertz CT molecular complexity index is 1020. The number of para-hydroxylation sites is 1. The summed E-state index contributed by atoms with van der Waals surface area (Å²) >= 11 is 0. The first-order valence-electron chi connectivity index (χ1n) is 12.6. The highest BCUT2D eigenvalue weighted by atomic mass is 16.5. The third kappa shape index (κ3) is 7.79. The molecule has 2 aromatic rings. The molecule has 0 saturated carbocycles. The molecule has 2 heterocycles. The van der Waals surface area contributed by atoms with Crippen molar-refractivity contribution in [1.29, 1.82) is 0 Å². The minimum absolute atomic E-state index is 0.00179. The van der Waals surface area contributed by atoms with E-state index in [1.807, 2.05) is 54.6 Å². The fourth-order valence-electron chi connectivity index (χ4n) is 4.47. The van der Waals surface area contributed by atoms with Gasteiger partial charge in [0.2, 0.25) is 11.8 Å². The molecule has 4 amide bonds. The summed E-state index contributed by atoms with van der Waals surface area (Å²) in [5.41, 5.74) is 2.42. The lowest BCUT2D eigenvalue weighted by Gasteiger charge is -2.31. The van der Waals surface area contributed by atoms with E-state index in [0.29, 0.717) is 38.9 Å². The van der Waals surface area contributed by atoms with Gasteiger partial charge in [-0.3, -0.25) is 14.5 Å². The van der Waals surface area contributed by atoms with Gasteiger partial charge in [0, 0.05) is 63.0 Å². The van der Waals surface area contributed by atoms with Crippen LogP contribution in [0.25, 0.3) is 0 Å². The molecule has 0 bridgehead atoms. The van der Waals surface area contributed by atoms with E-state index in [9.17, 15) is 14.4 Å². The number of morpholine rings is 1. The maximum absolute atomic E-state index is 12.7. The van der Waals surface area contributed by atoms with E-state index in [4.69, 9.17) is 4.74 Å². The van der Waals surface area contributed by atoms with E-state index in [-0.39, 0.29) is 23.8 Å². The first-order chi connectivity index (χ1) is 17.6. The second-order valence-corrected chi connectivity index (χ2v) is 9.23. The first kappa shape index (κ1) is 25.7. The zero-order valence-corrected chi connectivity index (χ0v) is 20.6. The SMILES string of the molecule is O=C(CCN1CCOCC1)Nc1cccc(CNC(=O)C2CCN(C(=O)Nc3ccccc3)CC2)c1. The molecule has 0 spiro atoms. The molecule has 36 heavy (non-hydrogen) atoms. The average molecular weight is 494 g/mol. The van der Waals surface area contributed by atoms with Crippen LogP contribution in [-0.4, -0.2) is 73.6 Å². The van der Waals surface area contributed by atoms with Crippen molar-refractivity contribution in [2.24, 2.45) is 5.92 Å². The topological polar surface area (TPSA) is 103 Å². The number of carbonyl (C=O) groups excluding carboxylic acids is 3. The smallest absolute Gasteiger partial charge is 0.321 e. The molecule has 2 aromatic carbocycles. The van der Waals surface area contributed by atoms with E-state index in [2.05, 4.69) is 20.9 Å². The van der Waals surface area contributed by atoms with Crippen LogP contribution in [0.4, 0.5) is 16.2 Å². The van der Waals surface area contributed by atoms with Gasteiger partial charge in [-0.2, -0.15) is 0 Å². The molecule has 0 aliphatic carbocycles. The molecule has 2 fully saturated rings. The lowest BCUT2D eigenvalue weighted by molar-refractivity contribution is -0.126. The Labute approximate surface area is 212 Å². The normalized spacial score (nSPS) is 16.8. The Kier molecular flexibility index (Phi) is 9.29. The lowest BCUT2D eigenvalue weighted by atomic mass is 9.96. The zero-order valence-electron chi connectivity index (χ0n) is 20.6. The standard InChI is InChI=1S/C27H35N5O4/c33-25(11-12-31-15-17-36-18-16-31)29-24-8-4-5-21(19-24)20-28-26(34)22-9-13-32(14-10-22)27(35)30-23-6-2-1-3-7-23/h1-8,19,22H,9-18,20H2,(H,28,34)(H,29,33)(H,30,35). The second kappa shape index (κ2) is 13.0. The van der Waals surface area contributed by atoms with Crippen LogP contribution < -0.4 is 16.0 Å². The lowest BCUT2D eigenvalue weighted by Crippen LogP contribution is -2.44. The van der Waals surface area contributed by atoms with E-state index in [0.717, 1.165) is 49.8 Å². The van der Waals surface area contributed by atoms with Gasteiger partial charge in [0.25, 0.3) is 0 Å². The number of amides is 4. The Hall–Kier alpha value is -3.43. The van der Waals surface area contributed by atoms with Crippen LogP contribution in [0, 0.1) is 5.92 Å². The Morgan fingerprint density at radius 1 is 0.861 bits per heavy atom. The van der Waals surface area contributed by atoms with Crippen molar-refractivity contribution in [3.63, 3.8) is 0 Å². The molecule has 9 heteroatoms. The summed E-state index contributed by atoms with van der Waals surface area (Å²) < 4.78 is 5.34. The summed E-state index contributed by atoms with van der Waals surface area (Å²) in [5, 5.41) is 8.86. The van der Waals surface area contributed by atoms with Gasteiger partial charge in [0.05, 0.1) is 13.2 Å². The van der Waals surface area contributed by atoms with E-state index in [1.165, 1.54) is 0 Å². The number of nitrogens with zero attached hydrogens (tertiary/aromatic N) is 2. The van der Waals surface area contributed by atoms with Crippen LogP contribution >= 0.6 is 0 Å². The van der Waals surface area contributed by atoms with Crippen molar-refractivity contribution < 1.29 is 19.1 Å². The molecule has 2 aliphatic rings. The maximum atomic E-state index is 12.7. The number of benzene rings is 2. The summed E-state index contributed by atoms with van der Waals surface area (Å²) in [6.07, 6.45) is 1.70. The zero-order chi connectivity index (χ0) is 25.2. The minimum atomic E-state index is -0.135. The van der Waals surface area contributed by atoms with Gasteiger partial charge in [-0.1, -0.05) is 30.3 Å². The van der Waals surface area contributed by atoms with Crippen LogP contribution in [0.2, 0.25) is 0 Å². The minimum Gasteiger partial charge on any atom is -0.379 e. The Morgan fingerprint density at radius 2 is 1.58 bits per heavy atom. The van der Waals surface area contributed by atoms with Crippen molar-refractivity contribution in [3.8, 4) is 0 Å². The quantitative estimate of drug-likeness (QED) is 0.525. The molecule has 0 unspecified atom stereocenters. The fraction of sp³-hybridized carbons (Fsp3) is 0.444. The van der Waals surface area contributed by atoms with Crippen molar-refractivity contribution >= 4 is 29.2 Å². The molecule has 2 aliphatic heterocycles. The number of piperidine rings is 1. The molecule has 2 saturated heterocycles. The molecule has 192 valence electrons. The average Bonchev–Trinajstić information content (AvgIpc) is 2.92. The fourth-order valence-corrected chi connectivity index (χ4v) is 4.47. The number of likely N-dealkylation sites (tertiary alicyclic amines) is 1. The molecular formula is C27H35N5O4. The third-order valence-corrected chi connectivity index (χ3v) is 6.61. The van der Waals surface area contributed by atoms with Crippen LogP contribution in [0.3, 0.4) is 0 Å². The summed E-state index contributed by atoms with van der Waals surface area (Å²) in [6.45, 7) is 5.37. The summed E-state index contributed by atoms with van der Waals surface area (Å²) in [4.78, 5) is 41.5. The van der Waals surface area contributed by atoms with Crippen LogP contribution in [0.5, 0.6) is 0 Å². The second-order valence-electron chi connectivity index (χ2n) is 9.23. The van der Waals surface area contributed by atoms with Gasteiger partial charge in [0.15, 0.2) is 0 Å². The van der Waals surface area contributed by atoms with Crippen LogP contribution in [-0.2, 0) is 20.9 Å². The van der Waals surface area contributed by atoms with Gasteiger partial charge < -0.3 is 25.6 Å².